The van der Waals surface area contributed by atoms with Gasteiger partial charge in [0.15, 0.2) is 0 Å². The molecule has 0 saturated carbocycles. The maximum Gasteiger partial charge on any atom is 0.257 e. The van der Waals surface area contributed by atoms with Gasteiger partial charge in [0.1, 0.15) is 5.82 Å². The minimum Gasteiger partial charge on any atom is -0.321 e. The molecule has 0 atom stereocenters. The molecule has 2 aromatic rings. The van der Waals surface area contributed by atoms with Crippen LogP contribution in [-0.2, 0) is 0 Å². The summed E-state index contributed by atoms with van der Waals surface area (Å²) in [5, 5.41) is 2.42. The van der Waals surface area contributed by atoms with Crippen LogP contribution in [0, 0.1) is 5.82 Å². The number of aromatic nitrogens is 1. The number of pyridine rings is 1. The largest absolute Gasteiger partial charge is 0.321 e. The van der Waals surface area contributed by atoms with Crippen LogP contribution in [0.4, 0.5) is 10.1 Å². The third-order valence-corrected chi connectivity index (χ3v) is 3.23. The molecule has 0 aliphatic rings. The molecular weight excluding hydrogens is 322 g/mol. The van der Waals surface area contributed by atoms with Crippen molar-refractivity contribution in [2.45, 2.75) is 0 Å². The van der Waals surface area contributed by atoms with E-state index in [1.165, 1.54) is 24.4 Å². The van der Waals surface area contributed by atoms with E-state index >= 15 is 0 Å². The number of halogens is 3. The Morgan fingerprint density at radius 3 is 2.89 bits per heavy atom. The molecule has 0 aliphatic carbocycles. The molecule has 92 valence electrons. The van der Waals surface area contributed by atoms with Gasteiger partial charge in [-0.3, -0.25) is 9.78 Å². The van der Waals surface area contributed by atoms with E-state index in [-0.39, 0.29) is 10.6 Å². The maximum atomic E-state index is 13.2. The first-order chi connectivity index (χ1) is 8.59. The van der Waals surface area contributed by atoms with Crippen LogP contribution >= 0.6 is 27.5 Å². The summed E-state index contributed by atoms with van der Waals surface area (Å²) < 4.78 is 13.9. The summed E-state index contributed by atoms with van der Waals surface area (Å²) in [6.07, 6.45) is 3.08. The van der Waals surface area contributed by atoms with Gasteiger partial charge in [0, 0.05) is 12.4 Å². The quantitative estimate of drug-likeness (QED) is 0.908. The first-order valence-corrected chi connectivity index (χ1v) is 6.11. The number of benzene rings is 1. The molecule has 0 spiro atoms. The van der Waals surface area contributed by atoms with Gasteiger partial charge in [-0.2, -0.15) is 0 Å². The van der Waals surface area contributed by atoms with Gasteiger partial charge in [0.25, 0.3) is 5.91 Å². The Labute approximate surface area is 116 Å². The van der Waals surface area contributed by atoms with Crippen LogP contribution in [0.25, 0.3) is 0 Å². The van der Waals surface area contributed by atoms with Gasteiger partial charge in [0.2, 0.25) is 0 Å². The lowest BCUT2D eigenvalue weighted by Crippen LogP contribution is -2.13. The van der Waals surface area contributed by atoms with E-state index in [4.69, 9.17) is 11.6 Å². The van der Waals surface area contributed by atoms with E-state index < -0.39 is 11.7 Å². The molecule has 18 heavy (non-hydrogen) atoms. The second-order valence-corrected chi connectivity index (χ2v) is 4.64. The third-order valence-electron chi connectivity index (χ3n) is 2.22. The van der Waals surface area contributed by atoms with Crippen molar-refractivity contribution in [3.63, 3.8) is 0 Å². The van der Waals surface area contributed by atoms with E-state index in [2.05, 4.69) is 26.2 Å². The number of hydrogen-bond acceptors (Lipinski definition) is 2. The maximum absolute atomic E-state index is 13.2. The first-order valence-electron chi connectivity index (χ1n) is 4.94. The van der Waals surface area contributed by atoms with Crippen molar-refractivity contribution >= 4 is 39.1 Å². The van der Waals surface area contributed by atoms with E-state index in [0.717, 1.165) is 0 Å². The number of anilines is 1. The summed E-state index contributed by atoms with van der Waals surface area (Å²) in [5.74, 6) is -1.11. The highest BCUT2D eigenvalue weighted by molar-refractivity contribution is 9.10. The number of nitrogens with one attached hydrogen (secondary N) is 1. The van der Waals surface area contributed by atoms with Crippen LogP contribution in [-0.4, -0.2) is 10.9 Å². The van der Waals surface area contributed by atoms with Gasteiger partial charge in [-0.05, 0) is 34.1 Å². The van der Waals surface area contributed by atoms with Gasteiger partial charge < -0.3 is 5.32 Å². The fraction of sp³-hybridized carbons (Fsp3) is 0. The molecule has 0 radical (unpaired) electrons. The first kappa shape index (κ1) is 13.0. The van der Waals surface area contributed by atoms with Crippen LogP contribution in [0.1, 0.15) is 10.4 Å². The van der Waals surface area contributed by atoms with Crippen molar-refractivity contribution in [1.82, 2.24) is 4.98 Å². The van der Waals surface area contributed by atoms with E-state index in [0.29, 0.717) is 10.2 Å². The van der Waals surface area contributed by atoms with Crippen LogP contribution in [0.5, 0.6) is 0 Å². The van der Waals surface area contributed by atoms with Crippen molar-refractivity contribution in [3.05, 3.63) is 57.5 Å². The molecular formula is C12H7BrClFN2O. The summed E-state index contributed by atoms with van der Waals surface area (Å²) in [4.78, 5) is 15.8. The SMILES string of the molecule is O=C(Nc1ccncc1Br)c1cccc(F)c1Cl. The Bertz CT molecular complexity index is 606. The summed E-state index contributed by atoms with van der Waals surface area (Å²) in [6, 6.07) is 5.70. The Morgan fingerprint density at radius 2 is 2.17 bits per heavy atom. The molecule has 6 heteroatoms. The lowest BCUT2D eigenvalue weighted by Gasteiger charge is -2.08. The molecule has 1 aromatic heterocycles. The molecule has 1 aromatic carbocycles. The molecule has 0 saturated heterocycles. The van der Waals surface area contributed by atoms with E-state index in [1.54, 1.807) is 12.3 Å². The Hall–Kier alpha value is -1.46. The van der Waals surface area contributed by atoms with Gasteiger partial charge in [-0.1, -0.05) is 17.7 Å². The molecule has 2 rings (SSSR count). The highest BCUT2D eigenvalue weighted by atomic mass is 79.9. The van der Waals surface area contributed by atoms with Crippen molar-refractivity contribution in [2.24, 2.45) is 0 Å². The zero-order chi connectivity index (χ0) is 13.1. The number of amides is 1. The molecule has 1 N–H and O–H groups in total. The molecule has 0 bridgehead atoms. The standard InChI is InChI=1S/C12H7BrClFN2O/c13-8-6-16-5-4-10(8)17-12(18)7-2-1-3-9(15)11(7)14/h1-6H,(H,16,17,18). The van der Waals surface area contributed by atoms with Gasteiger partial charge >= 0.3 is 0 Å². The van der Waals surface area contributed by atoms with Crippen molar-refractivity contribution in [1.29, 1.82) is 0 Å². The molecule has 1 amide bonds. The summed E-state index contributed by atoms with van der Waals surface area (Å²) in [5.41, 5.74) is 0.621. The fourth-order valence-electron chi connectivity index (χ4n) is 1.35. The second kappa shape index (κ2) is 5.46. The fourth-order valence-corrected chi connectivity index (χ4v) is 1.91. The Morgan fingerprint density at radius 1 is 1.39 bits per heavy atom. The minimum atomic E-state index is -0.627. The van der Waals surface area contributed by atoms with Crippen LogP contribution in [0.2, 0.25) is 5.02 Å². The Balaban J connectivity index is 2.28. The van der Waals surface area contributed by atoms with Crippen molar-refractivity contribution < 1.29 is 9.18 Å². The van der Waals surface area contributed by atoms with Gasteiger partial charge in [-0.15, -0.1) is 0 Å². The summed E-state index contributed by atoms with van der Waals surface area (Å²) >= 11 is 8.98. The number of carbonyl (C=O) groups is 1. The minimum absolute atomic E-state index is 0.0837. The van der Waals surface area contributed by atoms with Gasteiger partial charge in [0.05, 0.1) is 20.7 Å². The predicted molar refractivity (Wildman–Crippen MR) is 71.3 cm³/mol. The molecule has 1 heterocycles. The number of rotatable bonds is 2. The van der Waals surface area contributed by atoms with E-state index in [9.17, 15) is 9.18 Å². The van der Waals surface area contributed by atoms with Crippen LogP contribution in [0.3, 0.4) is 0 Å². The highest BCUT2D eigenvalue weighted by Crippen LogP contribution is 2.24. The molecule has 0 fully saturated rings. The Kier molecular flexibility index (Phi) is 3.93. The monoisotopic (exact) mass is 328 g/mol. The third kappa shape index (κ3) is 2.68. The van der Waals surface area contributed by atoms with E-state index in [1.807, 2.05) is 0 Å². The summed E-state index contributed by atoms with van der Waals surface area (Å²) in [7, 11) is 0. The number of hydrogen-bond donors (Lipinski definition) is 1. The summed E-state index contributed by atoms with van der Waals surface area (Å²) in [6.45, 7) is 0. The second-order valence-electron chi connectivity index (χ2n) is 3.41. The lowest BCUT2D eigenvalue weighted by molar-refractivity contribution is 0.102. The molecule has 3 nitrogen and oxygen atoms in total. The average molecular weight is 330 g/mol. The zero-order valence-electron chi connectivity index (χ0n) is 8.95. The van der Waals surface area contributed by atoms with Crippen LogP contribution < -0.4 is 5.32 Å². The van der Waals surface area contributed by atoms with Crippen molar-refractivity contribution in [2.75, 3.05) is 5.32 Å². The lowest BCUT2D eigenvalue weighted by atomic mass is 10.2. The normalized spacial score (nSPS) is 10.2. The predicted octanol–water partition coefficient (Wildman–Crippen LogP) is 3.89. The zero-order valence-corrected chi connectivity index (χ0v) is 11.3. The van der Waals surface area contributed by atoms with Crippen LogP contribution in [0.15, 0.2) is 41.1 Å². The number of carbonyl (C=O) groups excluding carboxylic acids is 1. The smallest absolute Gasteiger partial charge is 0.257 e. The van der Waals surface area contributed by atoms with Gasteiger partial charge in [-0.25, -0.2) is 4.39 Å². The molecule has 0 aliphatic heterocycles. The average Bonchev–Trinajstić information content (AvgIpc) is 2.35. The molecule has 0 unspecified atom stereocenters. The highest BCUT2D eigenvalue weighted by Gasteiger charge is 2.14. The van der Waals surface area contributed by atoms with Crippen molar-refractivity contribution in [3.8, 4) is 0 Å². The topological polar surface area (TPSA) is 42.0 Å². The number of nitrogens with zero attached hydrogens (tertiary/aromatic N) is 1.